The molecular weight excluding hydrogens is 192 g/mol. The second kappa shape index (κ2) is 5.95. The van der Waals surface area contributed by atoms with Crippen molar-refractivity contribution in [3.05, 3.63) is 0 Å². The molecule has 1 unspecified atom stereocenters. The zero-order valence-corrected chi connectivity index (χ0v) is 9.95. The van der Waals surface area contributed by atoms with Gasteiger partial charge in [0.15, 0.2) is 0 Å². The van der Waals surface area contributed by atoms with Gasteiger partial charge in [-0.1, -0.05) is 13.8 Å². The summed E-state index contributed by atoms with van der Waals surface area (Å²) in [5.74, 6) is 0.632. The average Bonchev–Trinajstić information content (AvgIpc) is 2.17. The fourth-order valence-corrected chi connectivity index (χ4v) is 1.60. The second-order valence-corrected chi connectivity index (χ2v) is 4.53. The summed E-state index contributed by atoms with van der Waals surface area (Å²) >= 11 is 0. The van der Waals surface area contributed by atoms with E-state index in [0.29, 0.717) is 25.7 Å². The SMILES string of the molecule is CC(C)CCNC(=O)N1CCOCC1C. The third-order valence-electron chi connectivity index (χ3n) is 2.63. The highest BCUT2D eigenvalue weighted by molar-refractivity contribution is 5.74. The van der Waals surface area contributed by atoms with E-state index in [1.807, 2.05) is 11.8 Å². The van der Waals surface area contributed by atoms with Gasteiger partial charge in [-0.2, -0.15) is 0 Å². The van der Waals surface area contributed by atoms with Gasteiger partial charge in [-0.15, -0.1) is 0 Å². The van der Waals surface area contributed by atoms with Crippen LogP contribution in [-0.2, 0) is 4.74 Å². The monoisotopic (exact) mass is 214 g/mol. The third-order valence-corrected chi connectivity index (χ3v) is 2.63. The molecule has 0 aromatic heterocycles. The van der Waals surface area contributed by atoms with E-state index in [9.17, 15) is 4.79 Å². The largest absolute Gasteiger partial charge is 0.377 e. The van der Waals surface area contributed by atoms with E-state index in [4.69, 9.17) is 4.74 Å². The van der Waals surface area contributed by atoms with Crippen LogP contribution in [0.2, 0.25) is 0 Å². The maximum Gasteiger partial charge on any atom is 0.317 e. The van der Waals surface area contributed by atoms with E-state index >= 15 is 0 Å². The number of nitrogens with zero attached hydrogens (tertiary/aromatic N) is 1. The van der Waals surface area contributed by atoms with Gasteiger partial charge in [-0.05, 0) is 19.3 Å². The van der Waals surface area contributed by atoms with E-state index in [0.717, 1.165) is 13.0 Å². The standard InChI is InChI=1S/C11H22N2O2/c1-9(2)4-5-12-11(14)13-6-7-15-8-10(13)3/h9-10H,4-8H2,1-3H3,(H,12,14). The van der Waals surface area contributed by atoms with Crippen LogP contribution in [0.1, 0.15) is 27.2 Å². The summed E-state index contributed by atoms with van der Waals surface area (Å²) in [4.78, 5) is 13.6. The van der Waals surface area contributed by atoms with Gasteiger partial charge < -0.3 is 15.0 Å². The van der Waals surface area contributed by atoms with Gasteiger partial charge in [0.05, 0.1) is 19.3 Å². The summed E-state index contributed by atoms with van der Waals surface area (Å²) in [6.07, 6.45) is 1.03. The summed E-state index contributed by atoms with van der Waals surface area (Å²) in [5, 5.41) is 2.95. The molecule has 4 nitrogen and oxygen atoms in total. The molecule has 1 aliphatic heterocycles. The van der Waals surface area contributed by atoms with Crippen molar-refractivity contribution in [2.75, 3.05) is 26.3 Å². The minimum Gasteiger partial charge on any atom is -0.377 e. The van der Waals surface area contributed by atoms with Gasteiger partial charge >= 0.3 is 6.03 Å². The van der Waals surface area contributed by atoms with E-state index in [-0.39, 0.29) is 12.1 Å². The van der Waals surface area contributed by atoms with Crippen LogP contribution in [0.15, 0.2) is 0 Å². The molecule has 1 aliphatic rings. The van der Waals surface area contributed by atoms with Crippen molar-refractivity contribution in [3.8, 4) is 0 Å². The number of hydrogen-bond donors (Lipinski definition) is 1. The lowest BCUT2D eigenvalue weighted by Gasteiger charge is -2.33. The maximum absolute atomic E-state index is 11.7. The number of amides is 2. The highest BCUT2D eigenvalue weighted by Crippen LogP contribution is 2.06. The predicted molar refractivity (Wildman–Crippen MR) is 59.8 cm³/mol. The van der Waals surface area contributed by atoms with E-state index < -0.39 is 0 Å². The van der Waals surface area contributed by atoms with Gasteiger partial charge in [-0.25, -0.2) is 4.79 Å². The lowest BCUT2D eigenvalue weighted by molar-refractivity contribution is 0.0190. The van der Waals surface area contributed by atoms with Gasteiger partial charge in [0.1, 0.15) is 0 Å². The van der Waals surface area contributed by atoms with E-state index in [1.54, 1.807) is 0 Å². The van der Waals surface area contributed by atoms with Gasteiger partial charge in [-0.3, -0.25) is 0 Å². The molecule has 0 bridgehead atoms. The molecule has 0 radical (unpaired) electrons. The molecular formula is C11H22N2O2. The highest BCUT2D eigenvalue weighted by atomic mass is 16.5. The van der Waals surface area contributed by atoms with Crippen LogP contribution in [0.3, 0.4) is 0 Å². The van der Waals surface area contributed by atoms with Crippen molar-refractivity contribution in [3.63, 3.8) is 0 Å². The summed E-state index contributed by atoms with van der Waals surface area (Å²) in [6.45, 7) is 9.10. The first-order valence-corrected chi connectivity index (χ1v) is 5.73. The third kappa shape index (κ3) is 4.08. The summed E-state index contributed by atoms with van der Waals surface area (Å²) in [6, 6.07) is 0.240. The second-order valence-electron chi connectivity index (χ2n) is 4.53. The molecule has 0 aromatic carbocycles. The van der Waals surface area contributed by atoms with Gasteiger partial charge in [0.25, 0.3) is 0 Å². The molecule has 0 aliphatic carbocycles. The lowest BCUT2D eigenvalue weighted by atomic mass is 10.1. The molecule has 1 N–H and O–H groups in total. The molecule has 1 atom stereocenters. The molecule has 0 spiro atoms. The molecule has 15 heavy (non-hydrogen) atoms. The number of rotatable bonds is 3. The van der Waals surface area contributed by atoms with Crippen LogP contribution < -0.4 is 5.32 Å². The molecule has 2 amide bonds. The Morgan fingerprint density at radius 3 is 2.93 bits per heavy atom. The number of carbonyl (C=O) groups is 1. The van der Waals surface area contributed by atoms with Crippen molar-refractivity contribution in [2.45, 2.75) is 33.2 Å². The number of urea groups is 1. The minimum absolute atomic E-state index is 0.0476. The number of morpholine rings is 1. The maximum atomic E-state index is 11.7. The molecule has 1 saturated heterocycles. The van der Waals surface area contributed by atoms with Crippen LogP contribution in [0.4, 0.5) is 4.79 Å². The van der Waals surface area contributed by atoms with Crippen molar-refractivity contribution in [1.29, 1.82) is 0 Å². The highest BCUT2D eigenvalue weighted by Gasteiger charge is 2.23. The summed E-state index contributed by atoms with van der Waals surface area (Å²) < 4.78 is 5.28. The fraction of sp³-hybridized carbons (Fsp3) is 0.909. The molecule has 88 valence electrons. The smallest absolute Gasteiger partial charge is 0.317 e. The predicted octanol–water partition coefficient (Wildman–Crippen LogP) is 1.46. The Kier molecular flexibility index (Phi) is 4.88. The molecule has 0 saturated carbocycles. The first-order chi connectivity index (χ1) is 7.11. The Bertz CT molecular complexity index is 207. The quantitative estimate of drug-likeness (QED) is 0.773. The number of hydrogen-bond acceptors (Lipinski definition) is 2. The number of nitrogens with one attached hydrogen (secondary N) is 1. The fourth-order valence-electron chi connectivity index (χ4n) is 1.60. The zero-order chi connectivity index (χ0) is 11.3. The van der Waals surface area contributed by atoms with Gasteiger partial charge in [0, 0.05) is 13.1 Å². The van der Waals surface area contributed by atoms with Crippen LogP contribution >= 0.6 is 0 Å². The molecule has 4 heteroatoms. The summed E-state index contributed by atoms with van der Waals surface area (Å²) in [7, 11) is 0. The van der Waals surface area contributed by atoms with E-state index in [1.165, 1.54) is 0 Å². The topological polar surface area (TPSA) is 41.6 Å². The number of carbonyl (C=O) groups excluding carboxylic acids is 1. The first-order valence-electron chi connectivity index (χ1n) is 5.73. The Labute approximate surface area is 92.0 Å². The van der Waals surface area contributed by atoms with Crippen molar-refractivity contribution < 1.29 is 9.53 Å². The van der Waals surface area contributed by atoms with Crippen LogP contribution in [0.5, 0.6) is 0 Å². The first kappa shape index (κ1) is 12.3. The Hall–Kier alpha value is -0.770. The average molecular weight is 214 g/mol. The molecule has 1 rings (SSSR count). The lowest BCUT2D eigenvalue weighted by Crippen LogP contribution is -2.51. The van der Waals surface area contributed by atoms with Crippen molar-refractivity contribution in [1.82, 2.24) is 10.2 Å². The van der Waals surface area contributed by atoms with Crippen LogP contribution in [0.25, 0.3) is 0 Å². The Morgan fingerprint density at radius 2 is 2.33 bits per heavy atom. The number of ether oxygens (including phenoxy) is 1. The molecule has 1 fully saturated rings. The molecule has 0 aromatic rings. The van der Waals surface area contributed by atoms with Gasteiger partial charge in [0.2, 0.25) is 0 Å². The van der Waals surface area contributed by atoms with Crippen molar-refractivity contribution >= 4 is 6.03 Å². The van der Waals surface area contributed by atoms with E-state index in [2.05, 4.69) is 19.2 Å². The molecule has 1 heterocycles. The minimum atomic E-state index is 0.0476. The van der Waals surface area contributed by atoms with Crippen LogP contribution in [-0.4, -0.2) is 43.3 Å². The normalized spacial score (nSPS) is 21.9. The zero-order valence-electron chi connectivity index (χ0n) is 9.95. The van der Waals surface area contributed by atoms with Crippen molar-refractivity contribution in [2.24, 2.45) is 5.92 Å². The summed E-state index contributed by atoms with van der Waals surface area (Å²) in [5.41, 5.74) is 0. The Morgan fingerprint density at radius 1 is 1.60 bits per heavy atom. The van der Waals surface area contributed by atoms with Crippen LogP contribution in [0, 0.1) is 5.92 Å². The Balaban J connectivity index is 2.26.